The van der Waals surface area contributed by atoms with Gasteiger partial charge >= 0.3 is 38.5 Å². The Balaban J connectivity index is 1.04. The highest BCUT2D eigenvalue weighted by Gasteiger charge is 2.61. The molecule has 3 aliphatic rings. The number of carbonyl (C=O) groups excluding carboxylic acids is 2. The number of nitrogens with zero attached hydrogens (tertiary/aromatic N) is 3. The maximum absolute atomic E-state index is 15.4. The third-order valence-corrected chi connectivity index (χ3v) is 13.6. The monoisotopic (exact) mass is 817 g/mol. The van der Waals surface area contributed by atoms with E-state index in [2.05, 4.69) is 9.47 Å². The zero-order chi connectivity index (χ0) is 40.2. The summed E-state index contributed by atoms with van der Waals surface area (Å²) in [4.78, 5) is 88.8. The van der Waals surface area contributed by atoms with Crippen molar-refractivity contribution < 1.29 is 81.0 Å². The molecule has 0 spiro atoms. The van der Waals surface area contributed by atoms with Crippen LogP contribution in [0.3, 0.4) is 0 Å². The highest BCUT2D eigenvalue weighted by molar-refractivity contribution is 7.72. The number of halogens is 2. The number of amides is 1. The van der Waals surface area contributed by atoms with Crippen molar-refractivity contribution in [2.45, 2.75) is 55.4 Å². The number of pyridine rings is 1. The second-order valence-corrected chi connectivity index (χ2v) is 17.8. The molecule has 1 saturated carbocycles. The standard InChI is InChI=1S/C32H35F2N3O16P2/c1-31(54(44,45)46,55(47,48)49)53-30(42)50-15-19-13-37(29(41)52-19)18-4-5-26(23(34)10-18)51-16-32(43)6-8-35(9-7-32)25-12-24-20(11-22(25)33)27(38)21(28(39)40)14-36(24)17-2-3-17/h4-5,10-12,14,17,19,43H,2-3,6-9,13,15-16H2,1H3,(H,39,40)(H2,44,45,46)(H2,47,48,49)/t19-/m1/s1. The van der Waals surface area contributed by atoms with Crippen LogP contribution in [0.1, 0.15) is 49.0 Å². The first-order valence-corrected chi connectivity index (χ1v) is 19.8. The maximum atomic E-state index is 15.4. The summed E-state index contributed by atoms with van der Waals surface area (Å²) >= 11 is 0. The molecule has 55 heavy (non-hydrogen) atoms. The van der Waals surface area contributed by atoms with Crippen LogP contribution < -0.4 is 20.0 Å². The summed E-state index contributed by atoms with van der Waals surface area (Å²) in [7, 11) is -11.4. The Kier molecular flexibility index (Phi) is 10.5. The lowest BCUT2D eigenvalue weighted by atomic mass is 9.92. The number of piperidine rings is 1. The molecule has 1 atom stereocenters. The quantitative estimate of drug-likeness (QED) is 0.113. The molecular weight excluding hydrogens is 782 g/mol. The summed E-state index contributed by atoms with van der Waals surface area (Å²) < 4.78 is 75.0. The number of carboxylic acid groups (broad SMARTS) is 1. The third-order valence-electron chi connectivity index (χ3n) is 9.65. The third kappa shape index (κ3) is 8.05. The Morgan fingerprint density at radius 2 is 1.67 bits per heavy atom. The van der Waals surface area contributed by atoms with Gasteiger partial charge in [-0.2, -0.15) is 0 Å². The minimum Gasteiger partial charge on any atom is -0.488 e. The second-order valence-electron chi connectivity index (χ2n) is 13.6. The van der Waals surface area contributed by atoms with Gasteiger partial charge in [-0.1, -0.05) is 0 Å². The molecule has 2 aliphatic heterocycles. The minimum atomic E-state index is -5.70. The Hall–Kier alpha value is -4.62. The van der Waals surface area contributed by atoms with Crippen LogP contribution in [0.15, 0.2) is 41.3 Å². The van der Waals surface area contributed by atoms with Crippen LogP contribution in [0.25, 0.3) is 10.9 Å². The lowest BCUT2D eigenvalue weighted by Crippen LogP contribution is -2.48. The molecule has 6 rings (SSSR count). The van der Waals surface area contributed by atoms with Gasteiger partial charge in [0.15, 0.2) is 17.7 Å². The van der Waals surface area contributed by atoms with E-state index in [1.807, 2.05) is 0 Å². The topological polar surface area (TPSA) is 272 Å². The van der Waals surface area contributed by atoms with Crippen LogP contribution in [0.2, 0.25) is 0 Å². The van der Waals surface area contributed by atoms with Gasteiger partial charge in [-0.3, -0.25) is 18.8 Å². The number of hydrogen-bond donors (Lipinski definition) is 6. The normalized spacial score (nSPS) is 19.0. The number of aliphatic hydroxyl groups is 1. The number of benzene rings is 2. The van der Waals surface area contributed by atoms with Crippen LogP contribution in [-0.4, -0.2) is 102 Å². The molecule has 1 aromatic heterocycles. The summed E-state index contributed by atoms with van der Waals surface area (Å²) in [6, 6.07) is 5.97. The van der Waals surface area contributed by atoms with Crippen LogP contribution in [0.4, 0.5) is 29.7 Å². The minimum absolute atomic E-state index is 0.00813. The summed E-state index contributed by atoms with van der Waals surface area (Å²) in [5.74, 6) is -3.33. The number of carboxylic acids is 1. The molecule has 3 fully saturated rings. The van der Waals surface area contributed by atoms with E-state index in [4.69, 9.17) is 9.47 Å². The van der Waals surface area contributed by atoms with Crippen molar-refractivity contribution in [1.29, 1.82) is 0 Å². The van der Waals surface area contributed by atoms with Gasteiger partial charge < -0.3 is 58.2 Å². The van der Waals surface area contributed by atoms with E-state index >= 15 is 8.78 Å². The Bertz CT molecular complexity index is 2190. The first-order valence-electron chi connectivity index (χ1n) is 16.6. The molecule has 2 saturated heterocycles. The van der Waals surface area contributed by atoms with Gasteiger partial charge in [0.05, 0.1) is 23.4 Å². The number of carbonyl (C=O) groups is 3. The molecule has 298 valence electrons. The Morgan fingerprint density at radius 3 is 2.25 bits per heavy atom. The average Bonchev–Trinajstić information content (AvgIpc) is 3.87. The van der Waals surface area contributed by atoms with Gasteiger partial charge in [-0.05, 0) is 56.9 Å². The molecule has 3 heterocycles. The van der Waals surface area contributed by atoms with E-state index in [1.54, 1.807) is 9.47 Å². The molecule has 3 aromatic rings. The van der Waals surface area contributed by atoms with Crippen molar-refractivity contribution in [1.82, 2.24) is 4.57 Å². The van der Waals surface area contributed by atoms with E-state index in [0.717, 1.165) is 29.9 Å². The van der Waals surface area contributed by atoms with Crippen LogP contribution in [0.5, 0.6) is 5.75 Å². The summed E-state index contributed by atoms with van der Waals surface area (Å²) in [5.41, 5.74) is -2.11. The van der Waals surface area contributed by atoms with Gasteiger partial charge in [0.1, 0.15) is 30.2 Å². The van der Waals surface area contributed by atoms with Crippen LogP contribution >= 0.6 is 15.2 Å². The Labute approximate surface area is 308 Å². The van der Waals surface area contributed by atoms with E-state index in [0.29, 0.717) is 12.4 Å². The van der Waals surface area contributed by atoms with Crippen molar-refractivity contribution in [2.24, 2.45) is 0 Å². The van der Waals surface area contributed by atoms with Gasteiger partial charge in [-0.15, -0.1) is 0 Å². The van der Waals surface area contributed by atoms with Crippen molar-refractivity contribution in [3.05, 3.63) is 63.9 Å². The number of aromatic nitrogens is 1. The molecule has 0 unspecified atom stereocenters. The molecule has 23 heteroatoms. The fraction of sp³-hybridized carbons (Fsp3) is 0.438. The summed E-state index contributed by atoms with van der Waals surface area (Å²) in [6.45, 7) is -0.766. The first-order chi connectivity index (χ1) is 25.6. The molecule has 6 N–H and O–H groups in total. The summed E-state index contributed by atoms with van der Waals surface area (Å²) in [5, 5.41) is 17.1. The Morgan fingerprint density at radius 1 is 1.02 bits per heavy atom. The fourth-order valence-electron chi connectivity index (χ4n) is 6.16. The van der Waals surface area contributed by atoms with E-state index in [9.17, 15) is 58.1 Å². The number of aromatic carboxylic acids is 1. The highest BCUT2D eigenvalue weighted by atomic mass is 31.2. The molecule has 0 bridgehead atoms. The van der Waals surface area contributed by atoms with Crippen LogP contribution in [-0.2, 0) is 23.3 Å². The van der Waals surface area contributed by atoms with Gasteiger partial charge in [0.25, 0.3) is 0 Å². The second kappa shape index (κ2) is 14.5. The van der Waals surface area contributed by atoms with Gasteiger partial charge in [0.2, 0.25) is 5.43 Å². The average molecular weight is 818 g/mol. The number of rotatable bonds is 12. The number of cyclic esters (lactones) is 1. The lowest BCUT2D eigenvalue weighted by molar-refractivity contribution is -0.0250. The van der Waals surface area contributed by atoms with Gasteiger partial charge in [-0.25, -0.2) is 23.2 Å². The molecule has 19 nitrogen and oxygen atoms in total. The van der Waals surface area contributed by atoms with E-state index < -0.39 is 79.4 Å². The van der Waals surface area contributed by atoms with E-state index in [-0.39, 0.29) is 67.6 Å². The van der Waals surface area contributed by atoms with E-state index in [1.165, 1.54) is 24.4 Å². The molecule has 1 aliphatic carbocycles. The zero-order valence-electron chi connectivity index (χ0n) is 28.7. The van der Waals surface area contributed by atoms with Crippen molar-refractivity contribution >= 4 is 55.7 Å². The summed E-state index contributed by atoms with van der Waals surface area (Å²) in [6.07, 6.45) is -1.04. The van der Waals surface area contributed by atoms with Gasteiger partial charge in [0, 0.05) is 36.8 Å². The first kappa shape index (κ1) is 40.1. The smallest absolute Gasteiger partial charge is 0.488 e. The van der Waals surface area contributed by atoms with Crippen molar-refractivity contribution in [3.8, 4) is 5.75 Å². The number of anilines is 2. The van der Waals surface area contributed by atoms with Crippen molar-refractivity contribution in [2.75, 3.05) is 42.6 Å². The largest absolute Gasteiger partial charge is 0.510 e. The predicted molar refractivity (Wildman–Crippen MR) is 184 cm³/mol. The highest BCUT2D eigenvalue weighted by Crippen LogP contribution is 2.69. The number of ether oxygens (including phenoxy) is 4. The molecule has 2 aromatic carbocycles. The molecule has 1 amide bonds. The van der Waals surface area contributed by atoms with Crippen molar-refractivity contribution in [3.63, 3.8) is 0 Å². The zero-order valence-corrected chi connectivity index (χ0v) is 30.5. The fourth-order valence-corrected chi connectivity index (χ4v) is 7.90. The predicted octanol–water partition coefficient (Wildman–Crippen LogP) is 3.23. The maximum Gasteiger partial charge on any atom is 0.510 e. The molecule has 0 radical (unpaired) electrons. The number of hydrogen-bond acceptors (Lipinski definition) is 12. The molecular formula is C32H35F2N3O16P2. The van der Waals surface area contributed by atoms with Crippen LogP contribution in [0, 0.1) is 11.6 Å². The SMILES string of the molecule is CC(OC(=O)OC[C@H]1CN(c2ccc(OCC3(O)CCN(c4cc5c(cc4F)c(=O)c(C(=O)O)cn5C4CC4)CC3)c(F)c2)C(=O)O1)(P(=O)(O)O)P(=O)(O)O. The lowest BCUT2D eigenvalue weighted by Gasteiger charge is -2.39. The number of fused-ring (bicyclic) bond motifs is 1.